The quantitative estimate of drug-likeness (QED) is 0.165. The van der Waals surface area contributed by atoms with E-state index in [1.807, 2.05) is 0 Å². The van der Waals surface area contributed by atoms with E-state index in [4.69, 9.17) is 4.42 Å². The second-order valence-electron chi connectivity index (χ2n) is 13.3. The highest BCUT2D eigenvalue weighted by Gasteiger charge is 2.22. The second kappa shape index (κ2) is 12.5. The molecule has 2 heteroatoms. The molecule has 9 aromatic carbocycles. The van der Waals surface area contributed by atoms with E-state index in [0.717, 1.165) is 55.5 Å². The Morgan fingerprint density at radius 2 is 0.731 bits per heavy atom. The van der Waals surface area contributed by atoms with E-state index in [0.29, 0.717) is 0 Å². The number of anilines is 3. The maximum absolute atomic E-state index is 6.99. The molecule has 244 valence electrons. The lowest BCUT2D eigenvalue weighted by Crippen LogP contribution is -2.10. The molecule has 0 aliphatic rings. The molecule has 0 bridgehead atoms. The summed E-state index contributed by atoms with van der Waals surface area (Å²) in [7, 11) is 0. The van der Waals surface area contributed by atoms with E-state index in [1.165, 1.54) is 38.4 Å². The number of furan rings is 1. The number of benzene rings is 9. The summed E-state index contributed by atoms with van der Waals surface area (Å²) < 4.78 is 6.99. The van der Waals surface area contributed by atoms with Crippen LogP contribution in [0.1, 0.15) is 0 Å². The first-order valence-corrected chi connectivity index (χ1v) is 17.8. The molecule has 0 radical (unpaired) electrons. The van der Waals surface area contributed by atoms with Crippen LogP contribution in [-0.4, -0.2) is 0 Å². The van der Waals surface area contributed by atoms with Gasteiger partial charge in [-0.15, -0.1) is 0 Å². The molecule has 0 amide bonds. The standard InChI is InChI=1S/C50H33NO/c1-4-14-34(15-5-1)35-24-26-36(27-25-35)37-28-30-40(31-29-37)51(39-18-8-3-9-19-39)41-32-46(38-16-6-2-7-17-38)49-47(33-41)48-44-22-12-10-20-42(44)43-21-11-13-23-45(43)50(48)52-49/h1-33H. The van der Waals surface area contributed by atoms with Crippen LogP contribution in [0, 0.1) is 0 Å². The Morgan fingerprint density at radius 1 is 0.288 bits per heavy atom. The summed E-state index contributed by atoms with van der Waals surface area (Å²) in [5.74, 6) is 0. The summed E-state index contributed by atoms with van der Waals surface area (Å²) in [6, 6.07) is 71.5. The van der Waals surface area contributed by atoms with Crippen molar-refractivity contribution in [3.63, 3.8) is 0 Å². The molecule has 0 saturated heterocycles. The third-order valence-corrected chi connectivity index (χ3v) is 10.2. The lowest BCUT2D eigenvalue weighted by atomic mass is 9.95. The lowest BCUT2D eigenvalue weighted by Gasteiger charge is -2.26. The van der Waals surface area contributed by atoms with Crippen molar-refractivity contribution in [3.05, 3.63) is 200 Å². The molecular formula is C50H33NO. The molecule has 0 atom stereocenters. The Balaban J connectivity index is 1.18. The summed E-state index contributed by atoms with van der Waals surface area (Å²) >= 11 is 0. The minimum Gasteiger partial charge on any atom is -0.455 e. The van der Waals surface area contributed by atoms with Crippen molar-refractivity contribution in [1.82, 2.24) is 0 Å². The van der Waals surface area contributed by atoms with Crippen LogP contribution in [0.5, 0.6) is 0 Å². The van der Waals surface area contributed by atoms with Gasteiger partial charge < -0.3 is 9.32 Å². The van der Waals surface area contributed by atoms with Crippen molar-refractivity contribution in [2.24, 2.45) is 0 Å². The van der Waals surface area contributed by atoms with E-state index in [-0.39, 0.29) is 0 Å². The molecule has 1 heterocycles. The fraction of sp³-hybridized carbons (Fsp3) is 0. The van der Waals surface area contributed by atoms with Crippen LogP contribution in [0.2, 0.25) is 0 Å². The number of hydrogen-bond donors (Lipinski definition) is 0. The summed E-state index contributed by atoms with van der Waals surface area (Å²) in [5, 5.41) is 6.99. The molecule has 0 N–H and O–H groups in total. The first kappa shape index (κ1) is 30.0. The summed E-state index contributed by atoms with van der Waals surface area (Å²) in [4.78, 5) is 2.36. The predicted molar refractivity (Wildman–Crippen MR) is 220 cm³/mol. The van der Waals surface area contributed by atoms with Gasteiger partial charge in [0.1, 0.15) is 11.2 Å². The van der Waals surface area contributed by atoms with Crippen LogP contribution in [0.25, 0.3) is 76.9 Å². The zero-order valence-electron chi connectivity index (χ0n) is 28.4. The van der Waals surface area contributed by atoms with Crippen molar-refractivity contribution in [1.29, 1.82) is 0 Å². The number of fused-ring (bicyclic) bond motifs is 8. The first-order valence-electron chi connectivity index (χ1n) is 17.8. The lowest BCUT2D eigenvalue weighted by molar-refractivity contribution is 0.674. The molecule has 52 heavy (non-hydrogen) atoms. The minimum absolute atomic E-state index is 0.897. The Bertz CT molecular complexity index is 2860. The van der Waals surface area contributed by atoms with Gasteiger partial charge >= 0.3 is 0 Å². The highest BCUT2D eigenvalue weighted by molar-refractivity contribution is 6.31. The Hall–Kier alpha value is -6.90. The molecule has 1 aromatic heterocycles. The zero-order valence-corrected chi connectivity index (χ0v) is 28.4. The minimum atomic E-state index is 0.897. The van der Waals surface area contributed by atoms with Crippen LogP contribution in [0.15, 0.2) is 205 Å². The number of rotatable bonds is 6. The predicted octanol–water partition coefficient (Wildman–Crippen LogP) is 14.4. The third kappa shape index (κ3) is 5.04. The van der Waals surface area contributed by atoms with Gasteiger partial charge in [-0.2, -0.15) is 0 Å². The van der Waals surface area contributed by atoms with Crippen molar-refractivity contribution in [2.45, 2.75) is 0 Å². The first-order chi connectivity index (χ1) is 25.8. The van der Waals surface area contributed by atoms with E-state index in [2.05, 4.69) is 205 Å². The van der Waals surface area contributed by atoms with Gasteiger partial charge in [-0.25, -0.2) is 0 Å². The van der Waals surface area contributed by atoms with E-state index >= 15 is 0 Å². The number of hydrogen-bond acceptors (Lipinski definition) is 2. The molecule has 10 rings (SSSR count). The van der Waals surface area contributed by atoms with Gasteiger partial charge in [-0.3, -0.25) is 0 Å². The van der Waals surface area contributed by atoms with Crippen LogP contribution in [0.4, 0.5) is 17.1 Å². The van der Waals surface area contributed by atoms with E-state index < -0.39 is 0 Å². The maximum Gasteiger partial charge on any atom is 0.143 e. The summed E-state index contributed by atoms with van der Waals surface area (Å²) in [5.41, 5.74) is 12.0. The molecule has 2 nitrogen and oxygen atoms in total. The zero-order chi connectivity index (χ0) is 34.4. The van der Waals surface area contributed by atoms with Crippen molar-refractivity contribution < 1.29 is 4.42 Å². The van der Waals surface area contributed by atoms with Crippen LogP contribution in [0.3, 0.4) is 0 Å². The van der Waals surface area contributed by atoms with Crippen LogP contribution < -0.4 is 4.90 Å². The van der Waals surface area contributed by atoms with Gasteiger partial charge in [0.25, 0.3) is 0 Å². The fourth-order valence-electron chi connectivity index (χ4n) is 7.77. The molecule has 0 aliphatic heterocycles. The van der Waals surface area contributed by atoms with Crippen molar-refractivity contribution >= 4 is 60.5 Å². The largest absolute Gasteiger partial charge is 0.455 e. The van der Waals surface area contributed by atoms with Gasteiger partial charge in [0, 0.05) is 38.8 Å². The monoisotopic (exact) mass is 663 g/mol. The van der Waals surface area contributed by atoms with Crippen molar-refractivity contribution in [2.75, 3.05) is 4.90 Å². The summed E-state index contributed by atoms with van der Waals surface area (Å²) in [6.07, 6.45) is 0. The number of nitrogens with zero attached hydrogens (tertiary/aromatic N) is 1. The molecule has 0 fully saturated rings. The van der Waals surface area contributed by atoms with Crippen molar-refractivity contribution in [3.8, 4) is 33.4 Å². The molecule has 0 aliphatic carbocycles. The summed E-state index contributed by atoms with van der Waals surface area (Å²) in [6.45, 7) is 0. The smallest absolute Gasteiger partial charge is 0.143 e. The average Bonchev–Trinajstić information content (AvgIpc) is 3.62. The second-order valence-corrected chi connectivity index (χ2v) is 13.3. The molecular weight excluding hydrogens is 631 g/mol. The normalized spacial score (nSPS) is 11.5. The van der Waals surface area contributed by atoms with Gasteiger partial charge in [-0.1, -0.05) is 164 Å². The van der Waals surface area contributed by atoms with Gasteiger partial charge in [0.15, 0.2) is 0 Å². The Kier molecular flexibility index (Phi) is 7.18. The topological polar surface area (TPSA) is 16.4 Å². The van der Waals surface area contributed by atoms with Gasteiger partial charge in [-0.05, 0) is 80.4 Å². The van der Waals surface area contributed by atoms with Gasteiger partial charge in [0.05, 0.1) is 0 Å². The molecule has 0 unspecified atom stereocenters. The fourth-order valence-corrected chi connectivity index (χ4v) is 7.77. The third-order valence-electron chi connectivity index (χ3n) is 10.2. The van der Waals surface area contributed by atoms with Crippen LogP contribution in [-0.2, 0) is 0 Å². The average molecular weight is 664 g/mol. The molecule has 0 spiro atoms. The SMILES string of the molecule is c1ccc(-c2ccc(-c3ccc(N(c4ccccc4)c4cc(-c5ccccc5)c5oc6c7ccccc7c7ccccc7c6c5c4)cc3)cc2)cc1. The molecule has 0 saturated carbocycles. The maximum atomic E-state index is 6.99. The van der Waals surface area contributed by atoms with Gasteiger partial charge in [0.2, 0.25) is 0 Å². The highest BCUT2D eigenvalue weighted by atomic mass is 16.3. The van der Waals surface area contributed by atoms with E-state index in [1.54, 1.807) is 0 Å². The van der Waals surface area contributed by atoms with Crippen LogP contribution >= 0.6 is 0 Å². The number of para-hydroxylation sites is 1. The molecule has 10 aromatic rings. The highest BCUT2D eigenvalue weighted by Crippen LogP contribution is 2.47. The Morgan fingerprint density at radius 3 is 1.35 bits per heavy atom. The van der Waals surface area contributed by atoms with E-state index in [9.17, 15) is 0 Å². The Labute approximate surface area is 302 Å².